The maximum Gasteiger partial charge on any atom is 0.306 e. The summed E-state index contributed by atoms with van der Waals surface area (Å²) in [6.45, 7) is 8.35. The molecule has 0 saturated carbocycles. The second-order valence-corrected chi connectivity index (χ2v) is 7.44. The largest absolute Gasteiger partial charge is 0.469 e. The van der Waals surface area contributed by atoms with E-state index in [-0.39, 0.29) is 30.9 Å². The molecule has 27 heavy (non-hydrogen) atoms. The molecule has 1 aromatic rings. The van der Waals surface area contributed by atoms with Crippen molar-refractivity contribution in [1.29, 1.82) is 0 Å². The van der Waals surface area contributed by atoms with E-state index < -0.39 is 0 Å². The number of anilines is 1. The molecule has 0 aromatic heterocycles. The molecule has 0 bridgehead atoms. The number of carbonyl (C=O) groups excluding carboxylic acids is 2. The van der Waals surface area contributed by atoms with Crippen LogP contribution in [0.3, 0.4) is 0 Å². The number of hydrogen-bond donors (Lipinski definition) is 1. The van der Waals surface area contributed by atoms with Crippen LogP contribution in [0.5, 0.6) is 0 Å². The van der Waals surface area contributed by atoms with Crippen LogP contribution >= 0.6 is 0 Å². The van der Waals surface area contributed by atoms with Gasteiger partial charge < -0.3 is 14.8 Å². The fraction of sp³-hybridized carbons (Fsp3) is 0.619. The van der Waals surface area contributed by atoms with Crippen molar-refractivity contribution in [2.45, 2.75) is 52.1 Å². The Balaban J connectivity index is 2.02. The summed E-state index contributed by atoms with van der Waals surface area (Å²) in [4.78, 5) is 26.2. The maximum atomic E-state index is 12.7. The molecule has 1 amide bonds. The molecule has 1 saturated heterocycles. The molecule has 0 aliphatic carbocycles. The number of nitrogens with one attached hydrogen (secondary N) is 1. The van der Waals surface area contributed by atoms with Gasteiger partial charge in [-0.3, -0.25) is 14.5 Å². The first-order valence-corrected chi connectivity index (χ1v) is 9.70. The molecule has 2 rings (SSSR count). The summed E-state index contributed by atoms with van der Waals surface area (Å²) in [6.07, 6.45) is 2.42. The number of amides is 1. The van der Waals surface area contributed by atoms with Gasteiger partial charge in [0, 0.05) is 25.4 Å². The predicted octanol–water partition coefficient (Wildman–Crippen LogP) is 3.10. The summed E-state index contributed by atoms with van der Waals surface area (Å²) >= 11 is 0. The Labute approximate surface area is 162 Å². The number of hydrogen-bond acceptors (Lipinski definition) is 5. The molecule has 1 N–H and O–H groups in total. The van der Waals surface area contributed by atoms with Gasteiger partial charge in [0.2, 0.25) is 5.91 Å². The maximum absolute atomic E-state index is 12.7. The number of ether oxygens (including phenoxy) is 2. The average Bonchev–Trinajstić information content (AvgIpc) is 3.13. The third kappa shape index (κ3) is 6.63. The molecule has 1 aromatic carbocycles. The highest BCUT2D eigenvalue weighted by Gasteiger charge is 2.22. The number of para-hydroxylation sites is 1. The zero-order valence-electron chi connectivity index (χ0n) is 16.9. The van der Waals surface area contributed by atoms with Crippen molar-refractivity contribution >= 4 is 17.6 Å². The number of esters is 1. The van der Waals surface area contributed by atoms with E-state index in [1.165, 1.54) is 7.11 Å². The second kappa shape index (κ2) is 10.4. The second-order valence-electron chi connectivity index (χ2n) is 7.44. The topological polar surface area (TPSA) is 67.9 Å². The van der Waals surface area contributed by atoms with Crippen LogP contribution in [-0.2, 0) is 19.1 Å². The van der Waals surface area contributed by atoms with E-state index in [0.29, 0.717) is 19.0 Å². The van der Waals surface area contributed by atoms with Crippen LogP contribution in [0, 0.1) is 6.92 Å². The molecule has 6 heteroatoms. The molecular weight excluding hydrogens is 344 g/mol. The number of nitrogens with zero attached hydrogens (tertiary/aromatic N) is 1. The van der Waals surface area contributed by atoms with Gasteiger partial charge in [0.1, 0.15) is 0 Å². The van der Waals surface area contributed by atoms with Crippen molar-refractivity contribution in [1.82, 2.24) is 4.90 Å². The van der Waals surface area contributed by atoms with Gasteiger partial charge in [-0.25, -0.2) is 0 Å². The van der Waals surface area contributed by atoms with E-state index in [0.717, 1.165) is 36.3 Å². The first-order chi connectivity index (χ1) is 12.9. The van der Waals surface area contributed by atoms with E-state index in [2.05, 4.69) is 25.2 Å². The first-order valence-electron chi connectivity index (χ1n) is 9.70. The average molecular weight is 376 g/mol. The van der Waals surface area contributed by atoms with Gasteiger partial charge in [-0.05, 0) is 36.8 Å². The van der Waals surface area contributed by atoms with Crippen LogP contribution in [0.2, 0.25) is 0 Å². The van der Waals surface area contributed by atoms with Crippen LogP contribution in [0.15, 0.2) is 18.2 Å². The minimum atomic E-state index is -0.270. The number of carbonyl (C=O) groups is 2. The van der Waals surface area contributed by atoms with Crippen LogP contribution < -0.4 is 5.32 Å². The third-order valence-corrected chi connectivity index (χ3v) is 4.90. The molecule has 1 aliphatic rings. The predicted molar refractivity (Wildman–Crippen MR) is 106 cm³/mol. The minimum absolute atomic E-state index is 0.0749. The van der Waals surface area contributed by atoms with Crippen LogP contribution in [-0.4, -0.2) is 56.2 Å². The Morgan fingerprint density at radius 2 is 2.15 bits per heavy atom. The van der Waals surface area contributed by atoms with Gasteiger partial charge in [-0.15, -0.1) is 0 Å². The van der Waals surface area contributed by atoms with Crippen LogP contribution in [0.4, 0.5) is 5.69 Å². The van der Waals surface area contributed by atoms with Crippen molar-refractivity contribution in [3.8, 4) is 0 Å². The SMILES string of the molecule is COC(=O)CCN(CC(=O)Nc1c(C)cccc1C(C)C)CC1CCCO1. The lowest BCUT2D eigenvalue weighted by Gasteiger charge is -2.25. The Morgan fingerprint density at radius 3 is 2.78 bits per heavy atom. The summed E-state index contributed by atoms with van der Waals surface area (Å²) < 4.78 is 10.4. The lowest BCUT2D eigenvalue weighted by molar-refractivity contribution is -0.141. The smallest absolute Gasteiger partial charge is 0.306 e. The standard InChI is InChI=1S/C21H32N2O4/c1-15(2)18-9-5-7-16(3)21(18)22-19(24)14-23(11-10-20(25)26-4)13-17-8-6-12-27-17/h5,7,9,15,17H,6,8,10-14H2,1-4H3,(H,22,24). The molecule has 1 heterocycles. The molecule has 6 nitrogen and oxygen atoms in total. The number of rotatable bonds is 9. The van der Waals surface area contributed by atoms with Crippen molar-refractivity contribution in [3.63, 3.8) is 0 Å². The molecule has 1 unspecified atom stereocenters. The first kappa shape index (κ1) is 21.4. The summed E-state index contributed by atoms with van der Waals surface area (Å²) in [7, 11) is 1.38. The molecule has 0 radical (unpaired) electrons. The summed E-state index contributed by atoms with van der Waals surface area (Å²) in [6, 6.07) is 6.07. The van der Waals surface area contributed by atoms with Crippen molar-refractivity contribution in [2.24, 2.45) is 0 Å². The van der Waals surface area contributed by atoms with E-state index in [4.69, 9.17) is 9.47 Å². The van der Waals surface area contributed by atoms with Gasteiger partial charge >= 0.3 is 5.97 Å². The van der Waals surface area contributed by atoms with Gasteiger partial charge in [-0.1, -0.05) is 32.0 Å². The Morgan fingerprint density at radius 1 is 1.37 bits per heavy atom. The van der Waals surface area contributed by atoms with E-state index in [1.54, 1.807) is 0 Å². The Hall–Kier alpha value is -1.92. The zero-order chi connectivity index (χ0) is 19.8. The quantitative estimate of drug-likeness (QED) is 0.671. The summed E-state index contributed by atoms with van der Waals surface area (Å²) in [5.74, 6) is -0.0228. The zero-order valence-corrected chi connectivity index (χ0v) is 16.9. The third-order valence-electron chi connectivity index (χ3n) is 4.90. The number of aryl methyl sites for hydroxylation is 1. The van der Waals surface area contributed by atoms with Gasteiger partial charge in [0.15, 0.2) is 0 Å². The number of benzene rings is 1. The van der Waals surface area contributed by atoms with E-state index in [9.17, 15) is 9.59 Å². The van der Waals surface area contributed by atoms with E-state index in [1.807, 2.05) is 24.0 Å². The highest BCUT2D eigenvalue weighted by Crippen LogP contribution is 2.27. The van der Waals surface area contributed by atoms with Gasteiger partial charge in [0.25, 0.3) is 0 Å². The fourth-order valence-corrected chi connectivity index (χ4v) is 3.39. The highest BCUT2D eigenvalue weighted by molar-refractivity contribution is 5.94. The monoisotopic (exact) mass is 376 g/mol. The van der Waals surface area contributed by atoms with Crippen LogP contribution in [0.1, 0.15) is 50.2 Å². The molecule has 1 atom stereocenters. The number of methoxy groups -OCH3 is 1. The molecule has 150 valence electrons. The normalized spacial score (nSPS) is 16.7. The summed E-state index contributed by atoms with van der Waals surface area (Å²) in [5.41, 5.74) is 3.07. The summed E-state index contributed by atoms with van der Waals surface area (Å²) in [5, 5.41) is 3.08. The van der Waals surface area contributed by atoms with Crippen molar-refractivity contribution in [2.75, 3.05) is 38.7 Å². The lowest BCUT2D eigenvalue weighted by atomic mass is 9.98. The molecule has 0 spiro atoms. The highest BCUT2D eigenvalue weighted by atomic mass is 16.5. The van der Waals surface area contributed by atoms with Crippen LogP contribution in [0.25, 0.3) is 0 Å². The van der Waals surface area contributed by atoms with Gasteiger partial charge in [-0.2, -0.15) is 0 Å². The minimum Gasteiger partial charge on any atom is -0.469 e. The molecular formula is C21H32N2O4. The Kier molecular flexibility index (Phi) is 8.25. The molecule has 1 aliphatic heterocycles. The van der Waals surface area contributed by atoms with Crippen molar-refractivity contribution in [3.05, 3.63) is 29.3 Å². The van der Waals surface area contributed by atoms with Gasteiger partial charge in [0.05, 0.1) is 26.2 Å². The van der Waals surface area contributed by atoms with E-state index >= 15 is 0 Å². The van der Waals surface area contributed by atoms with Crippen molar-refractivity contribution < 1.29 is 19.1 Å². The molecule has 1 fully saturated rings. The fourth-order valence-electron chi connectivity index (χ4n) is 3.39. The lowest BCUT2D eigenvalue weighted by Crippen LogP contribution is -2.39. The Bertz CT molecular complexity index is 639.